The molecule has 16 heavy (non-hydrogen) atoms. The summed E-state index contributed by atoms with van der Waals surface area (Å²) in [5.41, 5.74) is -0.672. The number of benzene rings is 1. The van der Waals surface area contributed by atoms with Gasteiger partial charge in [0.15, 0.2) is 0 Å². The zero-order chi connectivity index (χ0) is 12.0. The van der Waals surface area contributed by atoms with Crippen LogP contribution in [0, 0.1) is 19.3 Å². The fourth-order valence-electron chi connectivity index (χ4n) is 1.78. The van der Waals surface area contributed by atoms with Crippen molar-refractivity contribution in [1.82, 2.24) is 0 Å². The average molecular weight is 345 g/mol. The summed E-state index contributed by atoms with van der Waals surface area (Å²) < 4.78 is 5.51. The van der Waals surface area contributed by atoms with Crippen molar-refractivity contribution in [3.05, 3.63) is 40.0 Å². The van der Waals surface area contributed by atoms with Crippen molar-refractivity contribution in [2.75, 3.05) is 0 Å². The molecule has 0 fully saturated rings. The van der Waals surface area contributed by atoms with Crippen LogP contribution in [0.4, 0.5) is 0 Å². The minimum absolute atomic E-state index is 0.0587. The molecule has 1 radical (unpaired) electrons. The summed E-state index contributed by atoms with van der Waals surface area (Å²) in [5.74, 6) is 0. The first-order valence-electron chi connectivity index (χ1n) is 4.47. The summed E-state index contributed by atoms with van der Waals surface area (Å²) in [6.45, 7) is 3.72. The molecule has 0 amide bonds. The van der Waals surface area contributed by atoms with Gasteiger partial charge in [0.25, 0.3) is 0 Å². The fraction of sp³-hybridized carbons (Fsp3) is 0.200. The molecule has 0 aliphatic heterocycles. The van der Waals surface area contributed by atoms with Gasteiger partial charge in [-0.2, -0.15) is 0 Å². The monoisotopic (exact) mass is 347 g/mol. The molecule has 1 aromatic heterocycles. The molecule has 0 saturated heterocycles. The maximum atomic E-state index is 12.0. The number of nitrogens with one attached hydrogen (secondary N) is 1. The third-order valence-electron chi connectivity index (χ3n) is 2.48. The Hall–Kier alpha value is -0.801. The number of fused-ring (bicyclic) bond motifs is 1. The van der Waals surface area contributed by atoms with E-state index in [1.54, 1.807) is 0 Å². The van der Waals surface area contributed by atoms with Gasteiger partial charge in [-0.1, -0.05) is 0 Å². The van der Waals surface area contributed by atoms with Crippen molar-refractivity contribution in [1.29, 1.82) is 5.41 Å². The molecular weight excluding hydrogens is 338 g/mol. The van der Waals surface area contributed by atoms with E-state index in [9.17, 15) is 9.59 Å². The molecule has 2 rings (SSSR count). The molecule has 0 saturated carbocycles. The SMILES string of the molecule is Cc1[se]c(C)c2c(=O)/c(=N/[Se])c(=N)c(=O)c12. The van der Waals surface area contributed by atoms with Gasteiger partial charge in [0, 0.05) is 0 Å². The summed E-state index contributed by atoms with van der Waals surface area (Å²) in [6.07, 6.45) is 0. The van der Waals surface area contributed by atoms with Crippen molar-refractivity contribution in [3.8, 4) is 0 Å². The second-order valence-electron chi connectivity index (χ2n) is 3.44. The summed E-state index contributed by atoms with van der Waals surface area (Å²) in [6, 6.07) is 0. The zero-order valence-electron chi connectivity index (χ0n) is 8.58. The van der Waals surface area contributed by atoms with E-state index in [0.29, 0.717) is 10.8 Å². The van der Waals surface area contributed by atoms with E-state index < -0.39 is 0 Å². The topological polar surface area (TPSA) is 70.3 Å². The van der Waals surface area contributed by atoms with Gasteiger partial charge in [-0.15, -0.1) is 0 Å². The van der Waals surface area contributed by atoms with E-state index in [-0.39, 0.29) is 36.1 Å². The molecule has 81 valence electrons. The Morgan fingerprint density at radius 2 is 1.62 bits per heavy atom. The predicted molar refractivity (Wildman–Crippen MR) is 62.4 cm³/mol. The summed E-state index contributed by atoms with van der Waals surface area (Å²) in [5, 5.41) is 8.18. The van der Waals surface area contributed by atoms with Gasteiger partial charge >= 0.3 is 105 Å². The predicted octanol–water partition coefficient (Wildman–Crippen LogP) is -1.43. The van der Waals surface area contributed by atoms with Gasteiger partial charge in [-0.05, 0) is 0 Å². The van der Waals surface area contributed by atoms with Gasteiger partial charge in [0.1, 0.15) is 0 Å². The first-order chi connectivity index (χ1) is 7.49. The van der Waals surface area contributed by atoms with Crippen molar-refractivity contribution >= 4 is 41.5 Å². The van der Waals surface area contributed by atoms with Crippen LogP contribution < -0.4 is 21.6 Å². The van der Waals surface area contributed by atoms with Crippen LogP contribution in [0.15, 0.2) is 13.6 Å². The minimum atomic E-state index is -0.375. The van der Waals surface area contributed by atoms with E-state index in [4.69, 9.17) is 5.41 Å². The van der Waals surface area contributed by atoms with E-state index in [2.05, 4.69) is 20.2 Å². The van der Waals surface area contributed by atoms with Crippen molar-refractivity contribution in [2.24, 2.45) is 4.01 Å². The Kier molecular flexibility index (Phi) is 2.84. The standard InChI is InChI=1S/C10H7N2O2Se2/c1-3-5-6(4(2)16-3)10(14)8(12-15)7(11)9(5)13/h11H,1-2H3/b11-7?,12-8+. The fourth-order valence-corrected chi connectivity index (χ4v) is 4.36. The number of aryl methyl sites for hydroxylation is 2. The van der Waals surface area contributed by atoms with Crippen LogP contribution in [-0.4, -0.2) is 30.7 Å². The summed E-state index contributed by atoms with van der Waals surface area (Å²) >= 11 is 2.40. The van der Waals surface area contributed by atoms with E-state index in [1.807, 2.05) is 13.8 Å². The molecule has 0 aliphatic carbocycles. The van der Waals surface area contributed by atoms with Crippen LogP contribution in [0.1, 0.15) is 8.87 Å². The van der Waals surface area contributed by atoms with E-state index >= 15 is 0 Å². The van der Waals surface area contributed by atoms with Gasteiger partial charge in [-0.3, -0.25) is 0 Å². The van der Waals surface area contributed by atoms with Crippen LogP contribution in [0.3, 0.4) is 0 Å². The summed E-state index contributed by atoms with van der Waals surface area (Å²) in [7, 11) is 0. The van der Waals surface area contributed by atoms with Crippen molar-refractivity contribution in [2.45, 2.75) is 13.8 Å². The van der Waals surface area contributed by atoms with Crippen LogP contribution in [0.5, 0.6) is 0 Å². The molecule has 0 atom stereocenters. The average Bonchev–Trinajstić information content (AvgIpc) is 2.52. The first kappa shape index (κ1) is 11.7. The van der Waals surface area contributed by atoms with Crippen molar-refractivity contribution < 1.29 is 0 Å². The quantitative estimate of drug-likeness (QED) is 0.595. The Labute approximate surface area is 105 Å². The van der Waals surface area contributed by atoms with Crippen LogP contribution in [-0.2, 0) is 0 Å². The molecule has 6 heteroatoms. The van der Waals surface area contributed by atoms with Gasteiger partial charge in [-0.25, -0.2) is 0 Å². The maximum absolute atomic E-state index is 12.0. The molecule has 4 nitrogen and oxygen atoms in total. The Morgan fingerprint density at radius 3 is 2.12 bits per heavy atom. The second kappa shape index (κ2) is 3.90. The number of nitrogens with zero attached hydrogens (tertiary/aromatic N) is 1. The Morgan fingerprint density at radius 1 is 1.12 bits per heavy atom. The number of hydrogen-bond acceptors (Lipinski definition) is 4. The molecule has 0 spiro atoms. The third-order valence-corrected chi connectivity index (χ3v) is 5.01. The third kappa shape index (κ3) is 1.42. The molecule has 1 heterocycles. The van der Waals surface area contributed by atoms with Crippen LogP contribution >= 0.6 is 0 Å². The van der Waals surface area contributed by atoms with E-state index in [1.165, 1.54) is 0 Å². The van der Waals surface area contributed by atoms with Gasteiger partial charge < -0.3 is 0 Å². The van der Waals surface area contributed by atoms with Gasteiger partial charge in [0.05, 0.1) is 0 Å². The zero-order valence-corrected chi connectivity index (χ0v) is 12.0. The van der Waals surface area contributed by atoms with Crippen molar-refractivity contribution in [3.63, 3.8) is 0 Å². The van der Waals surface area contributed by atoms with E-state index in [0.717, 1.165) is 8.87 Å². The second-order valence-corrected chi connectivity index (χ2v) is 6.82. The van der Waals surface area contributed by atoms with Crippen LogP contribution in [0.2, 0.25) is 0 Å². The Bertz CT molecular complexity index is 795. The summed E-state index contributed by atoms with van der Waals surface area (Å²) in [4.78, 5) is 23.9. The molecule has 1 aromatic carbocycles. The molecular formula is C10H7N2O2Se2. The molecule has 0 unspecified atom stereocenters. The molecule has 0 aliphatic rings. The normalized spacial score (nSPS) is 12.5. The Balaban J connectivity index is 3.40. The van der Waals surface area contributed by atoms with Gasteiger partial charge in [0.2, 0.25) is 0 Å². The molecule has 1 N–H and O–H groups in total. The molecule has 0 bridgehead atoms. The first-order valence-corrected chi connectivity index (χ1v) is 6.95. The number of rotatable bonds is 0. The number of hydrogen-bond donors (Lipinski definition) is 1. The van der Waals surface area contributed by atoms with Crippen LogP contribution in [0.25, 0.3) is 10.8 Å². The molecule has 2 aromatic rings.